The summed E-state index contributed by atoms with van der Waals surface area (Å²) in [6, 6.07) is 3.87. The smallest absolute Gasteiger partial charge is 0.275 e. The molecule has 0 aromatic carbocycles. The Labute approximate surface area is 176 Å². The molecular formula is C20H22BrN5OS. The molecule has 5 rings (SSSR count). The molecule has 2 fully saturated rings. The fraction of sp³-hybridized carbons (Fsp3) is 0.500. The molecule has 4 heterocycles. The van der Waals surface area contributed by atoms with Crippen LogP contribution in [0.1, 0.15) is 43.6 Å². The van der Waals surface area contributed by atoms with Crippen LogP contribution in [0.25, 0.3) is 10.3 Å². The number of nitrogens with zero attached hydrogens (tertiary/aromatic N) is 5. The number of anilines is 1. The van der Waals surface area contributed by atoms with Gasteiger partial charge < -0.3 is 9.64 Å². The number of rotatable bonds is 6. The van der Waals surface area contributed by atoms with Gasteiger partial charge in [0.2, 0.25) is 5.95 Å². The number of thiazole rings is 1. The first-order chi connectivity index (χ1) is 13.7. The van der Waals surface area contributed by atoms with Crippen molar-refractivity contribution in [2.45, 2.75) is 38.0 Å². The minimum atomic E-state index is 0.684. The molecule has 0 atom stereocenters. The Morgan fingerprint density at radius 3 is 2.61 bits per heavy atom. The van der Waals surface area contributed by atoms with E-state index in [0.29, 0.717) is 23.6 Å². The lowest BCUT2D eigenvalue weighted by Gasteiger charge is -2.31. The van der Waals surface area contributed by atoms with Crippen molar-refractivity contribution in [1.82, 2.24) is 19.9 Å². The van der Waals surface area contributed by atoms with Gasteiger partial charge in [0.1, 0.15) is 15.0 Å². The molecule has 0 radical (unpaired) electrons. The van der Waals surface area contributed by atoms with Gasteiger partial charge in [-0.05, 0) is 77.6 Å². The molecular weight excluding hydrogens is 438 g/mol. The molecule has 1 saturated heterocycles. The zero-order valence-corrected chi connectivity index (χ0v) is 18.0. The fourth-order valence-electron chi connectivity index (χ4n) is 3.69. The summed E-state index contributed by atoms with van der Waals surface area (Å²) in [5.74, 6) is 2.28. The number of aromatic nitrogens is 4. The molecule has 146 valence electrons. The number of hydrogen-bond acceptors (Lipinski definition) is 7. The quantitative estimate of drug-likeness (QED) is 0.492. The first-order valence-corrected chi connectivity index (χ1v) is 11.5. The molecule has 0 amide bonds. The Kier molecular flexibility index (Phi) is 5.15. The van der Waals surface area contributed by atoms with Gasteiger partial charge in [0, 0.05) is 25.5 Å². The van der Waals surface area contributed by atoms with E-state index in [1.165, 1.54) is 29.7 Å². The second-order valence-electron chi connectivity index (χ2n) is 7.60. The van der Waals surface area contributed by atoms with Gasteiger partial charge in [-0.2, -0.15) is 0 Å². The summed E-state index contributed by atoms with van der Waals surface area (Å²) in [4.78, 5) is 21.3. The SMILES string of the molecule is Brc1ccc2nc(OCCC3CCN(c4ncc(C5CC5)cn4)CC3)sc2n1. The molecule has 0 unspecified atom stereocenters. The van der Waals surface area contributed by atoms with E-state index in [9.17, 15) is 0 Å². The van der Waals surface area contributed by atoms with Crippen molar-refractivity contribution in [3.8, 4) is 5.19 Å². The van der Waals surface area contributed by atoms with Crippen molar-refractivity contribution in [2.75, 3.05) is 24.6 Å². The van der Waals surface area contributed by atoms with Crippen molar-refractivity contribution in [2.24, 2.45) is 5.92 Å². The molecule has 1 aliphatic carbocycles. The predicted octanol–water partition coefficient (Wildman–Crippen LogP) is 4.81. The summed E-state index contributed by atoms with van der Waals surface area (Å²) in [5, 5.41) is 0.710. The monoisotopic (exact) mass is 459 g/mol. The van der Waals surface area contributed by atoms with Gasteiger partial charge in [-0.25, -0.2) is 19.9 Å². The number of ether oxygens (including phenoxy) is 1. The van der Waals surface area contributed by atoms with Crippen LogP contribution in [0.15, 0.2) is 29.1 Å². The number of hydrogen-bond donors (Lipinski definition) is 0. The number of piperidine rings is 1. The van der Waals surface area contributed by atoms with Gasteiger partial charge in [-0.3, -0.25) is 0 Å². The molecule has 0 spiro atoms. The van der Waals surface area contributed by atoms with Crippen molar-refractivity contribution in [3.05, 3.63) is 34.7 Å². The maximum atomic E-state index is 5.90. The molecule has 1 saturated carbocycles. The number of fused-ring (bicyclic) bond motifs is 1. The van der Waals surface area contributed by atoms with E-state index in [1.54, 1.807) is 0 Å². The molecule has 3 aromatic heterocycles. The number of halogens is 1. The van der Waals surface area contributed by atoms with Gasteiger partial charge in [0.05, 0.1) is 6.61 Å². The Hall–Kier alpha value is -1.80. The topological polar surface area (TPSA) is 64.0 Å². The lowest BCUT2D eigenvalue weighted by Crippen LogP contribution is -2.35. The molecule has 6 nitrogen and oxygen atoms in total. The largest absolute Gasteiger partial charge is 0.470 e. The van der Waals surface area contributed by atoms with Crippen molar-refractivity contribution < 1.29 is 4.74 Å². The van der Waals surface area contributed by atoms with Crippen LogP contribution in [0.4, 0.5) is 5.95 Å². The summed E-state index contributed by atoms with van der Waals surface area (Å²) in [6.07, 6.45) is 10.00. The minimum Gasteiger partial charge on any atom is -0.470 e. The molecule has 0 bridgehead atoms. The Morgan fingerprint density at radius 2 is 1.86 bits per heavy atom. The van der Waals surface area contributed by atoms with Crippen molar-refractivity contribution >= 4 is 43.6 Å². The van der Waals surface area contributed by atoms with Crippen LogP contribution < -0.4 is 9.64 Å². The van der Waals surface area contributed by atoms with Crippen LogP contribution in [0.2, 0.25) is 0 Å². The van der Waals surface area contributed by atoms with E-state index < -0.39 is 0 Å². The summed E-state index contributed by atoms with van der Waals surface area (Å²) in [6.45, 7) is 2.75. The van der Waals surface area contributed by atoms with Crippen LogP contribution in [-0.4, -0.2) is 39.6 Å². The summed E-state index contributed by atoms with van der Waals surface area (Å²) in [7, 11) is 0. The highest BCUT2D eigenvalue weighted by Gasteiger charge is 2.25. The highest BCUT2D eigenvalue weighted by Crippen LogP contribution is 2.39. The van der Waals surface area contributed by atoms with Crippen LogP contribution in [-0.2, 0) is 0 Å². The van der Waals surface area contributed by atoms with Crippen LogP contribution in [0.3, 0.4) is 0 Å². The second-order valence-corrected chi connectivity index (χ2v) is 9.35. The van der Waals surface area contributed by atoms with Gasteiger partial charge in [-0.1, -0.05) is 11.3 Å². The maximum Gasteiger partial charge on any atom is 0.275 e. The van der Waals surface area contributed by atoms with Crippen LogP contribution in [0.5, 0.6) is 5.19 Å². The molecule has 28 heavy (non-hydrogen) atoms. The standard InChI is InChI=1S/C20H22BrN5OS/c21-17-4-3-16-18(25-17)28-20(24-16)27-10-7-13-5-8-26(9-6-13)19-22-11-15(12-23-19)14-1-2-14/h3-4,11-14H,1-2,5-10H2. The summed E-state index contributed by atoms with van der Waals surface area (Å²) in [5.41, 5.74) is 2.19. The highest BCUT2D eigenvalue weighted by atomic mass is 79.9. The zero-order valence-electron chi connectivity index (χ0n) is 15.6. The average molecular weight is 460 g/mol. The maximum absolute atomic E-state index is 5.90. The van der Waals surface area contributed by atoms with E-state index in [0.717, 1.165) is 53.3 Å². The first-order valence-electron chi connectivity index (χ1n) is 9.87. The molecule has 2 aliphatic rings. The van der Waals surface area contributed by atoms with Crippen LogP contribution >= 0.6 is 27.3 Å². The minimum absolute atomic E-state index is 0.684. The molecule has 1 aliphatic heterocycles. The normalized spacial score (nSPS) is 18.0. The summed E-state index contributed by atoms with van der Waals surface area (Å²) < 4.78 is 6.73. The predicted molar refractivity (Wildman–Crippen MR) is 114 cm³/mol. The van der Waals surface area contributed by atoms with Gasteiger partial charge in [0.25, 0.3) is 5.19 Å². The Bertz CT molecular complexity index is 951. The Balaban J connectivity index is 1.09. The number of pyridine rings is 1. The molecule has 8 heteroatoms. The van der Waals surface area contributed by atoms with Crippen molar-refractivity contribution in [3.63, 3.8) is 0 Å². The highest BCUT2D eigenvalue weighted by molar-refractivity contribution is 9.10. The lowest BCUT2D eigenvalue weighted by molar-refractivity contribution is 0.257. The van der Waals surface area contributed by atoms with E-state index in [1.807, 2.05) is 24.5 Å². The lowest BCUT2D eigenvalue weighted by atomic mass is 9.94. The molecule has 3 aromatic rings. The second kappa shape index (κ2) is 7.91. The van der Waals surface area contributed by atoms with Crippen LogP contribution in [0, 0.1) is 5.92 Å². The van der Waals surface area contributed by atoms with Gasteiger partial charge in [0.15, 0.2) is 0 Å². The van der Waals surface area contributed by atoms with E-state index in [-0.39, 0.29) is 0 Å². The average Bonchev–Trinajstić information content (AvgIpc) is 3.49. The van der Waals surface area contributed by atoms with E-state index in [2.05, 4.69) is 40.8 Å². The van der Waals surface area contributed by atoms with E-state index >= 15 is 0 Å². The van der Waals surface area contributed by atoms with Gasteiger partial charge in [-0.15, -0.1) is 0 Å². The third-order valence-electron chi connectivity index (χ3n) is 5.56. The first kappa shape index (κ1) is 18.2. The summed E-state index contributed by atoms with van der Waals surface area (Å²) >= 11 is 4.90. The van der Waals surface area contributed by atoms with Gasteiger partial charge >= 0.3 is 0 Å². The van der Waals surface area contributed by atoms with Crippen molar-refractivity contribution in [1.29, 1.82) is 0 Å². The third-order valence-corrected chi connectivity index (χ3v) is 6.88. The Morgan fingerprint density at radius 1 is 1.07 bits per heavy atom. The third kappa shape index (κ3) is 4.12. The van der Waals surface area contributed by atoms with E-state index in [4.69, 9.17) is 4.74 Å². The molecule has 0 N–H and O–H groups in total. The fourth-order valence-corrected chi connectivity index (χ4v) is 4.93. The zero-order chi connectivity index (χ0) is 18.9.